The van der Waals surface area contributed by atoms with Crippen molar-refractivity contribution in [2.45, 2.75) is 26.7 Å². The molecule has 0 aliphatic rings. The van der Waals surface area contributed by atoms with Crippen molar-refractivity contribution >= 4 is 22.4 Å². The first kappa shape index (κ1) is 12.3. The Bertz CT molecular complexity index is 636. The molecule has 0 bridgehead atoms. The predicted octanol–water partition coefficient (Wildman–Crippen LogP) is 3.16. The molecular weight excluding hydrogens is 230 g/mol. The van der Waals surface area contributed by atoms with Crippen LogP contribution in [0.15, 0.2) is 18.2 Å². The molecule has 0 saturated heterocycles. The normalized spacial score (nSPS) is 11.1. The molecule has 0 saturated carbocycles. The van der Waals surface area contributed by atoms with Gasteiger partial charge in [-0.25, -0.2) is 4.98 Å². The minimum atomic E-state index is -0.400. The maximum atomic E-state index is 10.9. The van der Waals surface area contributed by atoms with Crippen LogP contribution in [0, 0.1) is 17.0 Å². The van der Waals surface area contributed by atoms with Gasteiger partial charge in [0.25, 0.3) is 5.69 Å². The number of nitrogens with zero attached hydrogens (tertiary/aromatic N) is 2. The lowest BCUT2D eigenvalue weighted by Gasteiger charge is -2.11. The van der Waals surface area contributed by atoms with Crippen LogP contribution in [0.4, 0.5) is 11.5 Å². The van der Waals surface area contributed by atoms with Crippen LogP contribution in [0.2, 0.25) is 0 Å². The Hall–Kier alpha value is -2.17. The van der Waals surface area contributed by atoms with Crippen LogP contribution in [-0.4, -0.2) is 9.91 Å². The highest BCUT2D eigenvalue weighted by Crippen LogP contribution is 2.30. The van der Waals surface area contributed by atoms with Crippen LogP contribution in [-0.2, 0) is 0 Å². The van der Waals surface area contributed by atoms with Gasteiger partial charge < -0.3 is 5.73 Å². The van der Waals surface area contributed by atoms with E-state index in [0.717, 1.165) is 10.9 Å². The van der Waals surface area contributed by atoms with Gasteiger partial charge in [0.2, 0.25) is 0 Å². The summed E-state index contributed by atoms with van der Waals surface area (Å²) in [6, 6.07) is 5.19. The average molecular weight is 245 g/mol. The van der Waals surface area contributed by atoms with E-state index in [0.29, 0.717) is 16.9 Å². The molecule has 18 heavy (non-hydrogen) atoms. The van der Waals surface area contributed by atoms with Crippen LogP contribution in [0.5, 0.6) is 0 Å². The largest absolute Gasteiger partial charge is 0.383 e. The van der Waals surface area contributed by atoms with E-state index in [4.69, 9.17) is 5.73 Å². The molecule has 94 valence electrons. The van der Waals surface area contributed by atoms with Gasteiger partial charge in [-0.15, -0.1) is 0 Å². The summed E-state index contributed by atoms with van der Waals surface area (Å²) in [6.45, 7) is 5.77. The average Bonchev–Trinajstić information content (AvgIpc) is 2.28. The van der Waals surface area contributed by atoms with E-state index < -0.39 is 4.92 Å². The minimum absolute atomic E-state index is 0.0756. The molecule has 5 nitrogen and oxygen atoms in total. The zero-order valence-electron chi connectivity index (χ0n) is 10.6. The van der Waals surface area contributed by atoms with E-state index >= 15 is 0 Å². The zero-order chi connectivity index (χ0) is 13.4. The number of nitro benzene ring substituents is 1. The van der Waals surface area contributed by atoms with Crippen LogP contribution in [0.25, 0.3) is 10.9 Å². The Morgan fingerprint density at radius 1 is 1.39 bits per heavy atom. The Kier molecular flexibility index (Phi) is 2.90. The van der Waals surface area contributed by atoms with Gasteiger partial charge in [-0.1, -0.05) is 13.8 Å². The van der Waals surface area contributed by atoms with Crippen molar-refractivity contribution < 1.29 is 4.92 Å². The summed E-state index contributed by atoms with van der Waals surface area (Å²) in [5.41, 5.74) is 8.10. The van der Waals surface area contributed by atoms with Crippen molar-refractivity contribution in [3.63, 3.8) is 0 Å². The topological polar surface area (TPSA) is 82.0 Å². The molecule has 0 aliphatic heterocycles. The summed E-state index contributed by atoms with van der Waals surface area (Å²) in [5.74, 6) is 0.721. The van der Waals surface area contributed by atoms with E-state index in [1.807, 2.05) is 19.9 Å². The first-order valence-electron chi connectivity index (χ1n) is 5.76. The number of nitro groups is 1. The number of hydrogen-bond acceptors (Lipinski definition) is 4. The van der Waals surface area contributed by atoms with Gasteiger partial charge in [-0.05, 0) is 30.5 Å². The summed E-state index contributed by atoms with van der Waals surface area (Å²) in [4.78, 5) is 14.8. The monoisotopic (exact) mass is 245 g/mol. The summed E-state index contributed by atoms with van der Waals surface area (Å²) >= 11 is 0. The molecule has 0 fully saturated rings. The Morgan fingerprint density at radius 3 is 2.61 bits per heavy atom. The van der Waals surface area contributed by atoms with Gasteiger partial charge >= 0.3 is 0 Å². The number of hydrogen-bond donors (Lipinski definition) is 1. The van der Waals surface area contributed by atoms with E-state index in [2.05, 4.69) is 4.98 Å². The lowest BCUT2D eigenvalue weighted by Crippen LogP contribution is -2.02. The molecule has 2 rings (SSSR count). The Labute approximate surface area is 105 Å². The Morgan fingerprint density at radius 2 is 2.06 bits per heavy atom. The molecular formula is C13H15N3O2. The summed E-state index contributed by atoms with van der Waals surface area (Å²) in [6.07, 6.45) is 0. The molecule has 0 atom stereocenters. The summed E-state index contributed by atoms with van der Waals surface area (Å²) < 4.78 is 0. The predicted molar refractivity (Wildman–Crippen MR) is 71.6 cm³/mol. The number of aryl methyl sites for hydroxylation is 1. The van der Waals surface area contributed by atoms with Crippen molar-refractivity contribution in [2.75, 3.05) is 5.73 Å². The minimum Gasteiger partial charge on any atom is -0.383 e. The third kappa shape index (κ3) is 1.88. The highest BCUT2D eigenvalue weighted by atomic mass is 16.6. The Balaban J connectivity index is 2.77. The van der Waals surface area contributed by atoms with Crippen molar-refractivity contribution in [3.8, 4) is 0 Å². The molecule has 1 heterocycles. The molecule has 0 aliphatic carbocycles. The maximum absolute atomic E-state index is 10.9. The van der Waals surface area contributed by atoms with E-state index in [-0.39, 0.29) is 11.6 Å². The molecule has 0 amide bonds. The van der Waals surface area contributed by atoms with Crippen molar-refractivity contribution in [2.24, 2.45) is 0 Å². The van der Waals surface area contributed by atoms with Gasteiger partial charge in [0.15, 0.2) is 0 Å². The fourth-order valence-corrected chi connectivity index (χ4v) is 2.06. The molecule has 1 aromatic heterocycles. The second-order valence-corrected chi connectivity index (χ2v) is 4.66. The molecule has 5 heteroatoms. The SMILES string of the molecule is Cc1c([N+](=O)[O-])ccc2cc(C(C)C)c(N)nc12. The number of pyridine rings is 1. The molecule has 0 spiro atoms. The maximum Gasteiger partial charge on any atom is 0.274 e. The zero-order valence-corrected chi connectivity index (χ0v) is 10.6. The standard InChI is InChI=1S/C13H15N3O2/c1-7(2)10-6-9-4-5-11(16(17)18)8(3)12(9)15-13(10)14/h4-7H,1-3H3,(H2,14,15). The number of fused-ring (bicyclic) bond motifs is 1. The first-order valence-corrected chi connectivity index (χ1v) is 5.76. The highest BCUT2D eigenvalue weighted by molar-refractivity contribution is 5.87. The lowest BCUT2D eigenvalue weighted by atomic mass is 10.0. The summed E-state index contributed by atoms with van der Waals surface area (Å²) in [7, 11) is 0. The fraction of sp³-hybridized carbons (Fsp3) is 0.308. The third-order valence-corrected chi connectivity index (χ3v) is 3.09. The number of benzene rings is 1. The first-order chi connectivity index (χ1) is 8.41. The van der Waals surface area contributed by atoms with Crippen LogP contribution >= 0.6 is 0 Å². The van der Waals surface area contributed by atoms with Gasteiger partial charge in [-0.3, -0.25) is 10.1 Å². The van der Waals surface area contributed by atoms with Crippen molar-refractivity contribution in [3.05, 3.63) is 39.4 Å². The van der Waals surface area contributed by atoms with E-state index in [9.17, 15) is 10.1 Å². The highest BCUT2D eigenvalue weighted by Gasteiger charge is 2.16. The van der Waals surface area contributed by atoms with Crippen molar-refractivity contribution in [1.82, 2.24) is 4.98 Å². The fourth-order valence-electron chi connectivity index (χ4n) is 2.06. The number of nitrogen functional groups attached to an aromatic ring is 1. The lowest BCUT2D eigenvalue weighted by molar-refractivity contribution is -0.385. The molecule has 2 aromatic rings. The van der Waals surface area contributed by atoms with E-state index in [1.54, 1.807) is 13.0 Å². The molecule has 2 N–H and O–H groups in total. The quantitative estimate of drug-likeness (QED) is 0.650. The van der Waals surface area contributed by atoms with Crippen LogP contribution in [0.1, 0.15) is 30.9 Å². The number of nitrogens with two attached hydrogens (primary N) is 1. The summed E-state index contributed by atoms with van der Waals surface area (Å²) in [5, 5.41) is 11.8. The van der Waals surface area contributed by atoms with Gasteiger partial charge in [0.05, 0.1) is 16.0 Å². The smallest absolute Gasteiger partial charge is 0.274 e. The molecule has 0 radical (unpaired) electrons. The number of aromatic nitrogens is 1. The van der Waals surface area contributed by atoms with Crippen LogP contribution in [0.3, 0.4) is 0 Å². The molecule has 1 aromatic carbocycles. The van der Waals surface area contributed by atoms with Gasteiger partial charge in [-0.2, -0.15) is 0 Å². The second-order valence-electron chi connectivity index (χ2n) is 4.66. The van der Waals surface area contributed by atoms with Gasteiger partial charge in [0.1, 0.15) is 5.82 Å². The van der Waals surface area contributed by atoms with E-state index in [1.165, 1.54) is 6.07 Å². The van der Waals surface area contributed by atoms with Crippen LogP contribution < -0.4 is 5.73 Å². The third-order valence-electron chi connectivity index (χ3n) is 3.09. The van der Waals surface area contributed by atoms with Gasteiger partial charge in [0, 0.05) is 11.5 Å². The number of anilines is 1. The molecule has 0 unspecified atom stereocenters. The second kappa shape index (κ2) is 4.25. The number of rotatable bonds is 2. The van der Waals surface area contributed by atoms with Crippen molar-refractivity contribution in [1.29, 1.82) is 0 Å².